The molecule has 1 aliphatic heterocycles. The highest BCUT2D eigenvalue weighted by atomic mass is 19.1. The molecule has 0 saturated heterocycles. The Hall–Kier alpha value is -3.26. The predicted octanol–water partition coefficient (Wildman–Crippen LogP) is 5.24. The summed E-state index contributed by atoms with van der Waals surface area (Å²) in [4.78, 5) is 4.08. The van der Waals surface area contributed by atoms with E-state index in [4.69, 9.17) is 0 Å². The highest BCUT2D eigenvalue weighted by molar-refractivity contribution is 5.69. The van der Waals surface area contributed by atoms with Gasteiger partial charge in [-0.3, -0.25) is 4.99 Å². The molecule has 1 nitrogen and oxygen atoms in total. The molecule has 0 amide bonds. The molecule has 0 aromatic heterocycles. The van der Waals surface area contributed by atoms with Crippen LogP contribution in [0.5, 0.6) is 0 Å². The summed E-state index contributed by atoms with van der Waals surface area (Å²) in [5.41, 5.74) is 7.13. The lowest BCUT2D eigenvalue weighted by molar-refractivity contribution is 0.626. The Morgan fingerprint density at radius 2 is 1.68 bits per heavy atom. The minimum atomic E-state index is -0.148. The Balaban J connectivity index is 0.000000157. The summed E-state index contributed by atoms with van der Waals surface area (Å²) in [5, 5.41) is 4.97. The minimum absolute atomic E-state index is 0.148. The van der Waals surface area contributed by atoms with Crippen LogP contribution in [-0.4, -0.2) is 6.21 Å². The molecule has 0 spiro atoms. The summed E-state index contributed by atoms with van der Waals surface area (Å²) < 4.78 is 13.4. The molecule has 3 aromatic rings. The third-order valence-electron chi connectivity index (χ3n) is 6.51. The zero-order chi connectivity index (χ0) is 21.2. The topological polar surface area (TPSA) is 12.4 Å². The number of hydrogen-bond donors (Lipinski definition) is 0. The van der Waals surface area contributed by atoms with Gasteiger partial charge in [-0.15, -0.1) is 0 Å². The second-order valence-corrected chi connectivity index (χ2v) is 8.44. The van der Waals surface area contributed by atoms with Crippen LogP contribution in [0, 0.1) is 16.3 Å². The number of aliphatic imine (C=N–C) groups is 1. The van der Waals surface area contributed by atoms with Gasteiger partial charge in [0.15, 0.2) is 0 Å². The first kappa shape index (κ1) is 19.7. The van der Waals surface area contributed by atoms with E-state index in [1.54, 1.807) is 12.1 Å². The van der Waals surface area contributed by atoms with E-state index in [2.05, 4.69) is 54.4 Å². The van der Waals surface area contributed by atoms with Crippen LogP contribution in [0.25, 0.3) is 17.7 Å². The average molecular weight is 408 g/mol. The summed E-state index contributed by atoms with van der Waals surface area (Å²) in [6.45, 7) is 2.25. The normalized spacial score (nSPS) is 15.4. The van der Waals surface area contributed by atoms with Gasteiger partial charge in [0.25, 0.3) is 0 Å². The second kappa shape index (κ2) is 8.47. The van der Waals surface area contributed by atoms with E-state index in [1.165, 1.54) is 62.7 Å². The van der Waals surface area contributed by atoms with E-state index in [9.17, 15) is 4.39 Å². The number of hydrogen-bond acceptors (Lipinski definition) is 1. The smallest absolute Gasteiger partial charge is 0.123 e. The van der Waals surface area contributed by atoms with Crippen molar-refractivity contribution in [3.63, 3.8) is 0 Å². The predicted molar refractivity (Wildman–Crippen MR) is 128 cm³/mol. The molecule has 2 heteroatoms. The molecule has 0 fully saturated rings. The highest BCUT2D eigenvalue weighted by Crippen LogP contribution is 2.20. The fraction of sp³-hybridized carbons (Fsp3) is 0.207. The van der Waals surface area contributed by atoms with Gasteiger partial charge in [0, 0.05) is 18.8 Å². The average Bonchev–Trinajstić information content (AvgIpc) is 3.05. The zero-order valence-electron chi connectivity index (χ0n) is 17.9. The molecular formula is C29H26FN. The summed E-state index contributed by atoms with van der Waals surface area (Å²) in [6, 6.07) is 18.0. The van der Waals surface area contributed by atoms with E-state index < -0.39 is 0 Å². The maximum atomic E-state index is 13.4. The lowest BCUT2D eigenvalue weighted by Crippen LogP contribution is -2.22. The Morgan fingerprint density at radius 3 is 2.61 bits per heavy atom. The number of nitrogens with zero attached hydrogens (tertiary/aromatic N) is 1. The van der Waals surface area contributed by atoms with Gasteiger partial charge in [-0.05, 0) is 93.9 Å². The van der Waals surface area contributed by atoms with Gasteiger partial charge in [-0.25, -0.2) is 4.39 Å². The van der Waals surface area contributed by atoms with Crippen LogP contribution in [0.4, 0.5) is 4.39 Å². The van der Waals surface area contributed by atoms with Crippen molar-refractivity contribution in [3.05, 3.63) is 110 Å². The Morgan fingerprint density at radius 1 is 0.839 bits per heavy atom. The van der Waals surface area contributed by atoms with Crippen LogP contribution in [0.3, 0.4) is 0 Å². The molecule has 1 heterocycles. The number of halogens is 1. The Bertz CT molecular complexity index is 1430. The van der Waals surface area contributed by atoms with Crippen molar-refractivity contribution < 1.29 is 4.39 Å². The van der Waals surface area contributed by atoms with Gasteiger partial charge in [-0.1, -0.05) is 54.1 Å². The molecular weight excluding hydrogens is 381 g/mol. The van der Waals surface area contributed by atoms with Gasteiger partial charge in [-0.2, -0.15) is 0 Å². The van der Waals surface area contributed by atoms with Gasteiger partial charge >= 0.3 is 0 Å². The molecule has 0 saturated carbocycles. The fourth-order valence-electron chi connectivity index (χ4n) is 4.91. The number of rotatable bonds is 0. The van der Waals surface area contributed by atoms with Crippen LogP contribution in [0.2, 0.25) is 0 Å². The largest absolute Gasteiger partial charge is 0.269 e. The highest BCUT2D eigenvalue weighted by Gasteiger charge is 2.13. The number of benzene rings is 3. The summed E-state index contributed by atoms with van der Waals surface area (Å²) in [6.07, 6.45) is 13.5. The van der Waals surface area contributed by atoms with Crippen molar-refractivity contribution >= 4 is 23.9 Å². The van der Waals surface area contributed by atoms with Crippen molar-refractivity contribution in [1.29, 1.82) is 0 Å². The van der Waals surface area contributed by atoms with Crippen LogP contribution in [-0.2, 0) is 19.3 Å². The van der Waals surface area contributed by atoms with Crippen molar-refractivity contribution in [2.45, 2.75) is 39.0 Å². The molecule has 31 heavy (non-hydrogen) atoms. The molecule has 3 aromatic carbocycles. The van der Waals surface area contributed by atoms with Gasteiger partial charge in [0.1, 0.15) is 5.82 Å². The molecule has 6 rings (SSSR count). The van der Waals surface area contributed by atoms with E-state index in [1.807, 2.05) is 24.6 Å². The van der Waals surface area contributed by atoms with Crippen molar-refractivity contribution in [1.82, 2.24) is 0 Å². The monoisotopic (exact) mass is 407 g/mol. The summed E-state index contributed by atoms with van der Waals surface area (Å²) in [7, 11) is 0. The van der Waals surface area contributed by atoms with Crippen LogP contribution in [0.15, 0.2) is 65.8 Å². The number of fused-ring (bicyclic) bond motifs is 5. The lowest BCUT2D eigenvalue weighted by Gasteiger charge is -2.18. The third kappa shape index (κ3) is 3.90. The molecule has 0 radical (unpaired) electrons. The van der Waals surface area contributed by atoms with Crippen molar-refractivity contribution in [2.24, 2.45) is 4.99 Å². The van der Waals surface area contributed by atoms with Gasteiger partial charge in [0.2, 0.25) is 0 Å². The van der Waals surface area contributed by atoms with E-state index in [0.717, 1.165) is 18.1 Å². The Kier molecular flexibility index (Phi) is 5.38. The van der Waals surface area contributed by atoms with E-state index >= 15 is 0 Å². The molecule has 0 unspecified atom stereocenters. The molecule has 0 atom stereocenters. The molecule has 0 N–H and O–H groups in total. The SMILES string of the molecule is C1=Cc2ccccc2CC=N1.CC1=c2ccc3c(c2CCC1)CC=c1cc(F)ccc1=3. The Labute approximate surface area is 182 Å². The molecule has 3 aliphatic rings. The first-order chi connectivity index (χ1) is 15.2. The minimum Gasteiger partial charge on any atom is -0.269 e. The quantitative estimate of drug-likeness (QED) is 0.483. The van der Waals surface area contributed by atoms with Gasteiger partial charge in [0.05, 0.1) is 0 Å². The first-order valence-electron chi connectivity index (χ1n) is 11.1. The maximum Gasteiger partial charge on any atom is 0.123 e. The zero-order valence-corrected chi connectivity index (χ0v) is 17.9. The summed E-state index contributed by atoms with van der Waals surface area (Å²) >= 11 is 0. The van der Waals surface area contributed by atoms with Crippen LogP contribution >= 0.6 is 0 Å². The van der Waals surface area contributed by atoms with Crippen LogP contribution in [0.1, 0.15) is 42.0 Å². The molecule has 154 valence electrons. The van der Waals surface area contributed by atoms with Crippen molar-refractivity contribution in [3.8, 4) is 0 Å². The third-order valence-corrected chi connectivity index (χ3v) is 6.51. The van der Waals surface area contributed by atoms with Crippen molar-refractivity contribution in [2.75, 3.05) is 0 Å². The lowest BCUT2D eigenvalue weighted by atomic mass is 9.86. The van der Waals surface area contributed by atoms with E-state index in [-0.39, 0.29) is 5.82 Å². The van der Waals surface area contributed by atoms with Gasteiger partial charge < -0.3 is 0 Å². The standard InChI is InChI=1S/C19H17F.C10H9N/c1-12-3-2-4-17-15(12)9-10-18-16-8-6-14(20)11-13(16)5-7-19(17)18;1-2-4-10-6-8-11-7-5-9(10)3-1/h5-6,8-11H,2-4,7H2,1H3;1-5,7-8H,6H2. The molecule has 0 bridgehead atoms. The van der Waals surface area contributed by atoms with Crippen LogP contribution < -0.4 is 10.4 Å². The first-order valence-corrected chi connectivity index (χ1v) is 11.1. The van der Waals surface area contributed by atoms with E-state index in [0.29, 0.717) is 0 Å². The fourth-order valence-corrected chi connectivity index (χ4v) is 4.91. The summed E-state index contributed by atoms with van der Waals surface area (Å²) in [5.74, 6) is -0.148. The maximum absolute atomic E-state index is 13.4. The second-order valence-electron chi connectivity index (χ2n) is 8.44. The molecule has 2 aliphatic carbocycles.